The topological polar surface area (TPSA) is 46.7 Å². The minimum atomic E-state index is -1.52. The minimum absolute atomic E-state index is 0.301. The third-order valence-electron chi connectivity index (χ3n) is 5.44. The Balaban J connectivity index is 1.60. The Hall–Kier alpha value is -3.56. The molecular formula is C26H18O3. The van der Waals surface area contributed by atoms with Gasteiger partial charge in [0.2, 0.25) is 17.2 Å². The van der Waals surface area contributed by atoms with Crippen LogP contribution in [0.15, 0.2) is 103 Å². The Morgan fingerprint density at radius 1 is 0.621 bits per heavy atom. The van der Waals surface area contributed by atoms with Crippen LogP contribution in [0, 0.1) is 0 Å². The number of carbonyl (C=O) groups excluding carboxylic acids is 2. The fourth-order valence-electron chi connectivity index (χ4n) is 3.88. The molecule has 0 radical (unpaired) electrons. The van der Waals surface area contributed by atoms with Crippen LogP contribution in [0.1, 0.15) is 32.4 Å². The van der Waals surface area contributed by atoms with E-state index in [1.807, 2.05) is 54.6 Å². The number of epoxide rings is 1. The van der Waals surface area contributed by atoms with Crippen molar-refractivity contribution in [3.8, 4) is 0 Å². The van der Waals surface area contributed by atoms with Crippen molar-refractivity contribution < 1.29 is 14.3 Å². The van der Waals surface area contributed by atoms with E-state index in [1.54, 1.807) is 48.5 Å². The van der Waals surface area contributed by atoms with Gasteiger partial charge in [0.15, 0.2) is 0 Å². The zero-order valence-electron chi connectivity index (χ0n) is 15.6. The molecule has 4 aromatic rings. The van der Waals surface area contributed by atoms with Crippen molar-refractivity contribution in [3.63, 3.8) is 0 Å². The highest BCUT2D eigenvalue weighted by Gasteiger charge is 2.68. The first-order valence-corrected chi connectivity index (χ1v) is 9.56. The van der Waals surface area contributed by atoms with Crippen molar-refractivity contribution in [3.05, 3.63) is 120 Å². The molecule has 0 saturated carbocycles. The summed E-state index contributed by atoms with van der Waals surface area (Å²) >= 11 is 0. The zero-order valence-corrected chi connectivity index (χ0v) is 15.6. The van der Waals surface area contributed by atoms with Crippen molar-refractivity contribution in [1.82, 2.24) is 0 Å². The molecule has 0 aliphatic carbocycles. The van der Waals surface area contributed by atoms with Crippen LogP contribution in [0.2, 0.25) is 0 Å². The fourth-order valence-corrected chi connectivity index (χ4v) is 3.88. The molecule has 5 rings (SSSR count). The Bertz CT molecular complexity index is 1160. The third-order valence-corrected chi connectivity index (χ3v) is 5.44. The number of ether oxygens (including phenoxy) is 1. The minimum Gasteiger partial charge on any atom is -0.344 e. The van der Waals surface area contributed by atoms with Gasteiger partial charge in [0.25, 0.3) is 0 Å². The number of ketones is 2. The van der Waals surface area contributed by atoms with E-state index < -0.39 is 11.7 Å². The summed E-state index contributed by atoms with van der Waals surface area (Å²) in [6, 6.07) is 31.7. The maximum Gasteiger partial charge on any atom is 0.224 e. The van der Waals surface area contributed by atoms with Gasteiger partial charge in [0, 0.05) is 11.1 Å². The van der Waals surface area contributed by atoms with Crippen LogP contribution in [0.5, 0.6) is 0 Å². The average Bonchev–Trinajstić information content (AvgIpc) is 3.56. The molecule has 4 aromatic carbocycles. The SMILES string of the molecule is O=C(c1ccccc1)C1(C(=O)c2ccccc2)O[C@@H]1c1ccc2ccccc2c1. The lowest BCUT2D eigenvalue weighted by Crippen LogP contribution is -2.35. The lowest BCUT2D eigenvalue weighted by Gasteiger charge is -2.12. The molecule has 140 valence electrons. The van der Waals surface area contributed by atoms with Gasteiger partial charge in [0.1, 0.15) is 6.10 Å². The van der Waals surface area contributed by atoms with E-state index in [1.165, 1.54) is 0 Å². The van der Waals surface area contributed by atoms with E-state index in [0.29, 0.717) is 11.1 Å². The Kier molecular flexibility index (Phi) is 4.11. The molecule has 1 heterocycles. The molecule has 0 amide bonds. The van der Waals surface area contributed by atoms with Gasteiger partial charge in [-0.2, -0.15) is 0 Å². The van der Waals surface area contributed by atoms with Gasteiger partial charge in [-0.1, -0.05) is 97.1 Å². The molecule has 0 spiro atoms. The van der Waals surface area contributed by atoms with Gasteiger partial charge in [-0.15, -0.1) is 0 Å². The van der Waals surface area contributed by atoms with E-state index >= 15 is 0 Å². The predicted octanol–water partition coefficient (Wildman–Crippen LogP) is 5.42. The molecule has 1 aliphatic heterocycles. The quantitative estimate of drug-likeness (QED) is 0.265. The first-order chi connectivity index (χ1) is 14.2. The lowest BCUT2D eigenvalue weighted by molar-refractivity contribution is 0.0752. The molecule has 1 fully saturated rings. The van der Waals surface area contributed by atoms with Crippen LogP contribution < -0.4 is 0 Å². The van der Waals surface area contributed by atoms with Crippen molar-refractivity contribution in [1.29, 1.82) is 0 Å². The van der Waals surface area contributed by atoms with Gasteiger partial charge >= 0.3 is 0 Å². The Labute approximate surface area is 168 Å². The molecule has 29 heavy (non-hydrogen) atoms. The highest BCUT2D eigenvalue weighted by atomic mass is 16.6. The Morgan fingerprint density at radius 2 is 1.14 bits per heavy atom. The average molecular weight is 378 g/mol. The third kappa shape index (κ3) is 2.87. The van der Waals surface area contributed by atoms with Crippen LogP contribution in [-0.2, 0) is 4.74 Å². The molecule has 0 bridgehead atoms. The van der Waals surface area contributed by atoms with Gasteiger partial charge in [-0.05, 0) is 22.4 Å². The van der Waals surface area contributed by atoms with E-state index in [4.69, 9.17) is 4.74 Å². The van der Waals surface area contributed by atoms with E-state index in [-0.39, 0.29) is 11.6 Å². The standard InChI is InChI=1S/C26H18O3/c27-23(19-10-3-1-4-11-19)26(24(28)20-12-5-2-6-13-20)25(29-26)22-16-15-18-9-7-8-14-21(18)17-22/h1-17,25H/t25-/m1/s1. The van der Waals surface area contributed by atoms with Crippen LogP contribution in [-0.4, -0.2) is 17.2 Å². The molecule has 3 nitrogen and oxygen atoms in total. The monoisotopic (exact) mass is 378 g/mol. The van der Waals surface area contributed by atoms with E-state index in [2.05, 4.69) is 0 Å². The first-order valence-electron chi connectivity index (χ1n) is 9.56. The number of hydrogen-bond donors (Lipinski definition) is 0. The molecule has 1 saturated heterocycles. The van der Waals surface area contributed by atoms with E-state index in [9.17, 15) is 9.59 Å². The molecule has 1 atom stereocenters. The van der Waals surface area contributed by atoms with Crippen molar-refractivity contribution in [2.75, 3.05) is 0 Å². The molecular weight excluding hydrogens is 360 g/mol. The van der Waals surface area contributed by atoms with Gasteiger partial charge < -0.3 is 4.74 Å². The largest absolute Gasteiger partial charge is 0.344 e. The summed E-state index contributed by atoms with van der Waals surface area (Å²) in [6.07, 6.45) is -0.604. The van der Waals surface area contributed by atoms with Gasteiger partial charge in [0.05, 0.1) is 0 Å². The first kappa shape index (κ1) is 17.5. The highest BCUT2D eigenvalue weighted by molar-refractivity contribution is 6.25. The number of benzene rings is 4. The van der Waals surface area contributed by atoms with Gasteiger partial charge in [-0.25, -0.2) is 0 Å². The number of fused-ring (bicyclic) bond motifs is 1. The second-order valence-corrected chi connectivity index (χ2v) is 7.23. The van der Waals surface area contributed by atoms with Crippen molar-refractivity contribution in [2.24, 2.45) is 0 Å². The summed E-state index contributed by atoms with van der Waals surface area (Å²) in [5.41, 5.74) is 0.253. The van der Waals surface area contributed by atoms with Crippen LogP contribution in [0.4, 0.5) is 0 Å². The van der Waals surface area contributed by atoms with Crippen LogP contribution in [0.3, 0.4) is 0 Å². The second kappa shape index (κ2) is 6.80. The number of rotatable bonds is 5. The van der Waals surface area contributed by atoms with E-state index in [0.717, 1.165) is 16.3 Å². The maximum absolute atomic E-state index is 13.4. The summed E-state index contributed by atoms with van der Waals surface area (Å²) in [4.78, 5) is 26.9. The summed E-state index contributed by atoms with van der Waals surface area (Å²) < 4.78 is 5.97. The second-order valence-electron chi connectivity index (χ2n) is 7.23. The number of hydrogen-bond acceptors (Lipinski definition) is 3. The lowest BCUT2D eigenvalue weighted by atomic mass is 9.84. The summed E-state index contributed by atoms with van der Waals surface area (Å²) in [5.74, 6) is -0.602. The number of Topliss-reactive ketones (excluding diaryl/α,β-unsaturated/α-hetero) is 2. The van der Waals surface area contributed by atoms with Crippen LogP contribution >= 0.6 is 0 Å². The molecule has 3 heteroatoms. The zero-order chi connectivity index (χ0) is 19.8. The highest BCUT2D eigenvalue weighted by Crippen LogP contribution is 2.53. The predicted molar refractivity (Wildman–Crippen MR) is 112 cm³/mol. The smallest absolute Gasteiger partial charge is 0.224 e. The van der Waals surface area contributed by atoms with Crippen molar-refractivity contribution in [2.45, 2.75) is 11.7 Å². The fraction of sp³-hybridized carbons (Fsp3) is 0.0769. The summed E-state index contributed by atoms with van der Waals surface area (Å²) in [6.45, 7) is 0. The molecule has 1 aliphatic rings. The maximum atomic E-state index is 13.4. The molecule has 0 N–H and O–H groups in total. The van der Waals surface area contributed by atoms with Crippen molar-refractivity contribution >= 4 is 22.3 Å². The van der Waals surface area contributed by atoms with Crippen LogP contribution in [0.25, 0.3) is 10.8 Å². The summed E-state index contributed by atoms with van der Waals surface area (Å²) in [7, 11) is 0. The summed E-state index contributed by atoms with van der Waals surface area (Å²) in [5, 5.41) is 2.15. The van der Waals surface area contributed by atoms with Gasteiger partial charge in [-0.3, -0.25) is 9.59 Å². The number of carbonyl (C=O) groups is 2. The Morgan fingerprint density at radius 3 is 1.72 bits per heavy atom. The molecule has 0 unspecified atom stereocenters. The normalized spacial score (nSPS) is 17.0. The molecule has 0 aromatic heterocycles.